The Hall–Kier alpha value is -1.51. The van der Waals surface area contributed by atoms with Gasteiger partial charge in [-0.2, -0.15) is 0 Å². The maximum Gasteiger partial charge on any atom is 0.289 e. The van der Waals surface area contributed by atoms with Gasteiger partial charge in [0.25, 0.3) is 5.69 Å². The summed E-state index contributed by atoms with van der Waals surface area (Å²) >= 11 is 0. The number of nitro groups is 1. The maximum absolute atomic E-state index is 12.1. The third kappa shape index (κ3) is 3.98. The normalized spacial score (nSPS) is 11.5. The summed E-state index contributed by atoms with van der Waals surface area (Å²) in [6, 6.07) is 4.17. The van der Waals surface area contributed by atoms with Crippen molar-refractivity contribution < 1.29 is 13.3 Å². The molecule has 0 amide bonds. The van der Waals surface area contributed by atoms with Crippen LogP contribution in [0.2, 0.25) is 0 Å². The zero-order chi connectivity index (χ0) is 14.5. The van der Waals surface area contributed by atoms with Crippen LogP contribution in [0.5, 0.6) is 0 Å². The molecule has 0 atom stereocenters. The number of nitrogens with zero attached hydrogens (tertiary/aromatic N) is 1. The summed E-state index contributed by atoms with van der Waals surface area (Å²) in [5.74, 6) is 0. The van der Waals surface area contributed by atoms with Gasteiger partial charge in [-0.25, -0.2) is 13.1 Å². The SMILES string of the molecule is Cc1cccc([N+](=O)[O-])c1S(=O)(=O)NCCCCN. The fourth-order valence-electron chi connectivity index (χ4n) is 1.68. The molecule has 0 aliphatic rings. The van der Waals surface area contributed by atoms with Gasteiger partial charge in [0.2, 0.25) is 10.0 Å². The van der Waals surface area contributed by atoms with Crippen molar-refractivity contribution in [3.63, 3.8) is 0 Å². The smallest absolute Gasteiger partial charge is 0.289 e. The molecule has 1 rings (SSSR count). The van der Waals surface area contributed by atoms with Crippen molar-refractivity contribution in [1.29, 1.82) is 0 Å². The monoisotopic (exact) mass is 287 g/mol. The van der Waals surface area contributed by atoms with Gasteiger partial charge >= 0.3 is 0 Å². The van der Waals surface area contributed by atoms with Crippen molar-refractivity contribution in [2.45, 2.75) is 24.7 Å². The first kappa shape index (κ1) is 15.5. The standard InChI is InChI=1S/C11H17N3O4S/c1-9-5-4-6-10(14(15)16)11(9)19(17,18)13-8-3-2-7-12/h4-6,13H,2-3,7-8,12H2,1H3. The molecule has 106 valence electrons. The molecule has 0 heterocycles. The van der Waals surface area contributed by atoms with Crippen LogP contribution in [-0.4, -0.2) is 26.4 Å². The van der Waals surface area contributed by atoms with E-state index in [0.29, 0.717) is 24.9 Å². The van der Waals surface area contributed by atoms with E-state index in [-0.39, 0.29) is 11.4 Å². The van der Waals surface area contributed by atoms with E-state index in [1.54, 1.807) is 0 Å². The quantitative estimate of drug-likeness (QED) is 0.439. The maximum atomic E-state index is 12.1. The van der Waals surface area contributed by atoms with Crippen molar-refractivity contribution in [2.75, 3.05) is 13.1 Å². The van der Waals surface area contributed by atoms with Crippen LogP contribution in [0.3, 0.4) is 0 Å². The molecule has 0 aliphatic heterocycles. The van der Waals surface area contributed by atoms with Gasteiger partial charge in [0.05, 0.1) is 4.92 Å². The highest BCUT2D eigenvalue weighted by molar-refractivity contribution is 7.89. The van der Waals surface area contributed by atoms with Crippen LogP contribution < -0.4 is 10.5 Å². The van der Waals surface area contributed by atoms with Gasteiger partial charge in [-0.15, -0.1) is 0 Å². The lowest BCUT2D eigenvalue weighted by Gasteiger charge is -2.09. The molecule has 1 aromatic carbocycles. The summed E-state index contributed by atoms with van der Waals surface area (Å²) in [6.07, 6.45) is 1.29. The Labute approximate surface area is 112 Å². The Morgan fingerprint density at radius 1 is 1.37 bits per heavy atom. The number of sulfonamides is 1. The number of nitro benzene ring substituents is 1. The summed E-state index contributed by atoms with van der Waals surface area (Å²) in [7, 11) is -3.88. The summed E-state index contributed by atoms with van der Waals surface area (Å²) < 4.78 is 26.5. The van der Waals surface area contributed by atoms with Gasteiger partial charge in [-0.3, -0.25) is 10.1 Å². The van der Waals surface area contributed by atoms with Crippen LogP contribution in [0.1, 0.15) is 18.4 Å². The average Bonchev–Trinajstić information content (AvgIpc) is 2.34. The van der Waals surface area contributed by atoms with Gasteiger partial charge in [-0.1, -0.05) is 12.1 Å². The Bertz CT molecular complexity index is 557. The van der Waals surface area contributed by atoms with E-state index >= 15 is 0 Å². The minimum absolute atomic E-state index is 0.213. The summed E-state index contributed by atoms with van der Waals surface area (Å²) in [5.41, 5.74) is 5.25. The molecule has 7 nitrogen and oxygen atoms in total. The lowest BCUT2D eigenvalue weighted by atomic mass is 10.2. The number of rotatable bonds is 7. The summed E-state index contributed by atoms with van der Waals surface area (Å²) in [6.45, 7) is 2.22. The van der Waals surface area contributed by atoms with Gasteiger partial charge in [-0.05, 0) is 31.9 Å². The predicted octanol–water partition coefficient (Wildman–Crippen LogP) is 0.920. The van der Waals surface area contributed by atoms with Gasteiger partial charge < -0.3 is 5.73 Å². The molecular weight excluding hydrogens is 270 g/mol. The molecule has 3 N–H and O–H groups in total. The molecule has 0 saturated heterocycles. The fourth-order valence-corrected chi connectivity index (χ4v) is 3.15. The van der Waals surface area contributed by atoms with Crippen molar-refractivity contribution >= 4 is 15.7 Å². The number of nitrogens with two attached hydrogens (primary N) is 1. The number of unbranched alkanes of at least 4 members (excludes halogenated alkanes) is 1. The molecule has 0 saturated carbocycles. The van der Waals surface area contributed by atoms with Crippen LogP contribution in [0.25, 0.3) is 0 Å². The summed E-state index contributed by atoms with van der Waals surface area (Å²) in [5, 5.41) is 10.9. The Balaban J connectivity index is 3.04. The minimum Gasteiger partial charge on any atom is -0.330 e. The second kappa shape index (κ2) is 6.60. The van der Waals surface area contributed by atoms with Gasteiger partial charge in [0.15, 0.2) is 4.90 Å². The van der Waals surface area contributed by atoms with E-state index < -0.39 is 20.6 Å². The van der Waals surface area contributed by atoms with Crippen LogP contribution in [0.15, 0.2) is 23.1 Å². The third-order valence-electron chi connectivity index (χ3n) is 2.58. The van der Waals surface area contributed by atoms with Crippen LogP contribution in [0, 0.1) is 17.0 Å². The van der Waals surface area contributed by atoms with Gasteiger partial charge in [0.1, 0.15) is 0 Å². The highest BCUT2D eigenvalue weighted by Gasteiger charge is 2.27. The molecule has 0 aromatic heterocycles. The van der Waals surface area contributed by atoms with E-state index in [1.807, 2.05) is 0 Å². The van der Waals surface area contributed by atoms with Crippen LogP contribution in [-0.2, 0) is 10.0 Å². The number of nitrogens with one attached hydrogen (secondary N) is 1. The second-order valence-corrected chi connectivity index (χ2v) is 5.78. The number of hydrogen-bond donors (Lipinski definition) is 2. The van der Waals surface area contributed by atoms with E-state index in [1.165, 1.54) is 25.1 Å². The van der Waals surface area contributed by atoms with Crippen molar-refractivity contribution in [3.8, 4) is 0 Å². The molecule has 0 aliphatic carbocycles. The number of hydrogen-bond acceptors (Lipinski definition) is 5. The zero-order valence-electron chi connectivity index (χ0n) is 10.6. The number of benzene rings is 1. The molecule has 0 radical (unpaired) electrons. The highest BCUT2D eigenvalue weighted by Crippen LogP contribution is 2.26. The number of aryl methyl sites for hydroxylation is 1. The lowest BCUT2D eigenvalue weighted by molar-refractivity contribution is -0.387. The van der Waals surface area contributed by atoms with Gasteiger partial charge in [0, 0.05) is 12.6 Å². The molecule has 0 spiro atoms. The van der Waals surface area contributed by atoms with E-state index in [4.69, 9.17) is 5.73 Å². The molecular formula is C11H17N3O4S. The van der Waals surface area contributed by atoms with E-state index in [0.717, 1.165) is 0 Å². The third-order valence-corrected chi connectivity index (χ3v) is 4.23. The predicted molar refractivity (Wildman–Crippen MR) is 71.3 cm³/mol. The van der Waals surface area contributed by atoms with Crippen molar-refractivity contribution in [1.82, 2.24) is 4.72 Å². The first-order valence-corrected chi connectivity index (χ1v) is 7.32. The first-order valence-electron chi connectivity index (χ1n) is 5.84. The van der Waals surface area contributed by atoms with E-state index in [9.17, 15) is 18.5 Å². The Morgan fingerprint density at radius 2 is 2.05 bits per heavy atom. The van der Waals surface area contributed by atoms with Crippen LogP contribution >= 0.6 is 0 Å². The largest absolute Gasteiger partial charge is 0.330 e. The van der Waals surface area contributed by atoms with Crippen LogP contribution in [0.4, 0.5) is 5.69 Å². The average molecular weight is 287 g/mol. The molecule has 8 heteroatoms. The zero-order valence-corrected chi connectivity index (χ0v) is 11.4. The van der Waals surface area contributed by atoms with Crippen molar-refractivity contribution in [3.05, 3.63) is 33.9 Å². The Kier molecular flexibility index (Phi) is 5.40. The highest BCUT2D eigenvalue weighted by atomic mass is 32.2. The van der Waals surface area contributed by atoms with E-state index in [2.05, 4.69) is 4.72 Å². The second-order valence-electron chi connectivity index (χ2n) is 4.07. The first-order chi connectivity index (χ1) is 8.90. The Morgan fingerprint density at radius 3 is 2.63 bits per heavy atom. The molecule has 0 unspecified atom stereocenters. The molecule has 0 fully saturated rings. The fraction of sp³-hybridized carbons (Fsp3) is 0.455. The molecule has 0 bridgehead atoms. The molecule has 19 heavy (non-hydrogen) atoms. The topological polar surface area (TPSA) is 115 Å². The minimum atomic E-state index is -3.88. The van der Waals surface area contributed by atoms with Crippen molar-refractivity contribution in [2.24, 2.45) is 5.73 Å². The lowest BCUT2D eigenvalue weighted by Crippen LogP contribution is -2.26. The summed E-state index contributed by atoms with van der Waals surface area (Å²) in [4.78, 5) is 9.93. The molecule has 1 aromatic rings.